The Morgan fingerprint density at radius 1 is 0.357 bits per heavy atom. The molecule has 0 radical (unpaired) electrons. The van der Waals surface area contributed by atoms with Gasteiger partial charge in [-0.2, -0.15) is 0 Å². The van der Waals surface area contributed by atoms with Gasteiger partial charge in [0.25, 0.3) is 0 Å². The van der Waals surface area contributed by atoms with Crippen molar-refractivity contribution in [2.45, 2.75) is 0 Å². The van der Waals surface area contributed by atoms with Crippen molar-refractivity contribution in [3.63, 3.8) is 0 Å². The van der Waals surface area contributed by atoms with Gasteiger partial charge >= 0.3 is 0 Å². The van der Waals surface area contributed by atoms with Crippen LogP contribution >= 0.6 is 17.8 Å². The first-order valence-electron chi connectivity index (χ1n) is 14.7. The summed E-state index contributed by atoms with van der Waals surface area (Å²) in [5.41, 5.74) is 5.02. The van der Waals surface area contributed by atoms with Gasteiger partial charge in [-0.05, 0) is 93.0 Å². The average molecular weight is 573 g/mol. The second-order valence-corrected chi connectivity index (χ2v) is 10.9. The minimum Gasteiger partial charge on any atom is -0.118 e. The number of rotatable bonds is 2. The summed E-state index contributed by atoms with van der Waals surface area (Å²) in [5.74, 6) is 0. The van der Waals surface area contributed by atoms with E-state index in [-0.39, 0.29) is 8.87 Å². The van der Waals surface area contributed by atoms with Crippen LogP contribution in [-0.2, 0) is 0 Å². The van der Waals surface area contributed by atoms with Crippen LogP contribution in [0.4, 0.5) is 0 Å². The number of hydrogen-bond acceptors (Lipinski definition) is 0. The van der Waals surface area contributed by atoms with E-state index >= 15 is 0 Å². The Morgan fingerprint density at radius 3 is 1.45 bits per heavy atom. The van der Waals surface area contributed by atoms with Gasteiger partial charge in [-0.15, -0.1) is 17.8 Å². The van der Waals surface area contributed by atoms with E-state index in [1.807, 2.05) is 0 Å². The third kappa shape index (κ3) is 3.84. The molecule has 2 atom stereocenters. The average Bonchev–Trinajstić information content (AvgIpc) is 3.07. The summed E-state index contributed by atoms with van der Waals surface area (Å²) in [6, 6.07) is 53.8. The molecule has 0 saturated heterocycles. The van der Waals surface area contributed by atoms with E-state index in [9.17, 15) is 0 Å². The highest BCUT2D eigenvalue weighted by Gasteiger charge is 2.13. The molecule has 2 heteroatoms. The Labute approximate surface area is 250 Å². The van der Waals surface area contributed by atoms with E-state index < -0.39 is 0 Å². The van der Waals surface area contributed by atoms with Crippen LogP contribution in [0.2, 0.25) is 0 Å². The van der Waals surface area contributed by atoms with Crippen LogP contribution in [0.25, 0.3) is 86.9 Å². The predicted octanol–water partition coefficient (Wildman–Crippen LogP) is 12.0. The highest BCUT2D eigenvalue weighted by molar-refractivity contribution is 7.92. The highest BCUT2D eigenvalue weighted by Crippen LogP contribution is 2.40. The Balaban J connectivity index is 0.000000892. The van der Waals surface area contributed by atoms with E-state index in [1.54, 1.807) is 0 Å². The van der Waals surface area contributed by atoms with Crippen molar-refractivity contribution in [1.29, 1.82) is 1.28 Å². The Hall–Kier alpha value is -4.34. The number of hydrogen-bond donors (Lipinski definition) is 0. The Kier molecular flexibility index (Phi) is 5.89. The van der Waals surface area contributed by atoms with Gasteiger partial charge in [-0.1, -0.05) is 140 Å². The molecule has 0 saturated carbocycles. The van der Waals surface area contributed by atoms with Crippen molar-refractivity contribution in [2.24, 2.45) is 0 Å². The quantitative estimate of drug-likeness (QED) is 0.143. The molecule has 0 N–H and O–H groups in total. The molecule has 0 amide bonds. The zero-order chi connectivity index (χ0) is 28.9. The largest absolute Gasteiger partial charge is 0.118 e. The minimum atomic E-state index is 0.250. The van der Waals surface area contributed by atoms with E-state index in [0.717, 1.165) is 0 Å². The molecule has 0 aliphatic rings. The van der Waals surface area contributed by atoms with Gasteiger partial charge in [-0.3, -0.25) is 0 Å². The van der Waals surface area contributed by atoms with Gasteiger partial charge in [0, 0.05) is 0 Å². The fraction of sp³-hybridized carbons (Fsp3) is 0. The van der Waals surface area contributed by atoms with Gasteiger partial charge in [0.1, 0.15) is 0 Å². The third-order valence-electron chi connectivity index (χ3n) is 8.80. The lowest BCUT2D eigenvalue weighted by atomic mass is 9.89. The molecule has 0 aromatic heterocycles. The van der Waals surface area contributed by atoms with Crippen molar-refractivity contribution < 1.29 is 0 Å². The lowest BCUT2D eigenvalue weighted by Gasteiger charge is -2.15. The van der Waals surface area contributed by atoms with E-state index in [2.05, 4.69) is 155 Å². The van der Waals surface area contributed by atoms with Crippen LogP contribution in [0.5, 0.6) is 0 Å². The van der Waals surface area contributed by atoms with Crippen molar-refractivity contribution in [2.75, 3.05) is 0 Å². The maximum Gasteiger partial charge on any atom is 0.0589 e. The maximum atomic E-state index is 6.20. The molecule has 0 bridgehead atoms. The summed E-state index contributed by atoms with van der Waals surface area (Å²) in [7, 11) is 2.52. The molecule has 9 aromatic carbocycles. The summed E-state index contributed by atoms with van der Waals surface area (Å²) in [5, 5.41) is 15.8. The summed E-state index contributed by atoms with van der Waals surface area (Å²) in [6.07, 6.45) is 0. The van der Waals surface area contributed by atoms with E-state index in [0.29, 0.717) is 0 Å². The van der Waals surface area contributed by atoms with Crippen molar-refractivity contribution in [3.8, 4) is 22.3 Å². The SMILES string of the molecule is [3H]PP.c1cc2ccc3ccc(-c4ccc(-c5ccc6c7ccccc7c7ccccc7c6c5)cc4)c4ccc(c1)c2c34. The van der Waals surface area contributed by atoms with Gasteiger partial charge < -0.3 is 0 Å². The first kappa shape index (κ1) is 24.3. The molecule has 9 aromatic rings. The Morgan fingerprint density at radius 2 is 0.810 bits per heavy atom. The van der Waals surface area contributed by atoms with Gasteiger partial charge in [0.15, 0.2) is 0 Å². The van der Waals surface area contributed by atoms with Crippen LogP contribution in [0.1, 0.15) is 0 Å². The first-order chi connectivity index (χ1) is 21.2. The minimum absolute atomic E-state index is 0.250. The smallest absolute Gasteiger partial charge is 0.0589 e. The summed E-state index contributed by atoms with van der Waals surface area (Å²) >= 11 is 0. The summed E-state index contributed by atoms with van der Waals surface area (Å²) in [4.78, 5) is 0. The van der Waals surface area contributed by atoms with Gasteiger partial charge in [0.05, 0.1) is 1.28 Å². The Bertz CT molecular complexity index is 2390. The normalized spacial score (nSPS) is 12.2. The molecule has 0 aliphatic heterocycles. The lowest BCUT2D eigenvalue weighted by molar-refractivity contribution is 1.63. The molecule has 0 aliphatic carbocycles. The van der Waals surface area contributed by atoms with E-state index in [1.165, 1.54) is 86.9 Å². The molecular weight excluding hydrogens is 542 g/mol. The fourth-order valence-electron chi connectivity index (χ4n) is 6.92. The second-order valence-electron chi connectivity index (χ2n) is 10.9. The van der Waals surface area contributed by atoms with Crippen LogP contribution in [0, 0.1) is 0 Å². The molecule has 0 nitrogen and oxygen atoms in total. The predicted molar refractivity (Wildman–Crippen MR) is 193 cm³/mol. The van der Waals surface area contributed by atoms with Crippen LogP contribution in [-0.4, -0.2) is 1.28 Å². The standard InChI is InChI=1S/C40H24.H4P2/c1-2-10-34-32(8-1)33-9-3-4-11-35(33)38-24-30(20-22-36(34)38)25-12-14-26(15-13-25)31-21-18-29-17-16-27-6-5-7-28-19-23-37(31)40(29)39(27)28;1-2/h1-24H;1-2H2/i;1T. The highest BCUT2D eigenvalue weighted by atomic mass is 32.0. The first-order valence-corrected chi connectivity index (χ1v) is 16.5. The van der Waals surface area contributed by atoms with Crippen LogP contribution in [0.3, 0.4) is 0 Å². The second kappa shape index (κ2) is 10.2. The zero-order valence-corrected chi connectivity index (χ0v) is 25.1. The number of fused-ring (bicyclic) bond motifs is 6. The monoisotopic (exact) mass is 572 g/mol. The molecule has 198 valence electrons. The third-order valence-corrected chi connectivity index (χ3v) is 8.80. The van der Waals surface area contributed by atoms with Crippen molar-refractivity contribution in [1.82, 2.24) is 0 Å². The molecule has 2 unspecified atom stereocenters. The fourth-order valence-corrected chi connectivity index (χ4v) is 6.92. The molecule has 0 fully saturated rings. The molecule has 42 heavy (non-hydrogen) atoms. The zero-order valence-electron chi connectivity index (χ0n) is 23.9. The molecular formula is C40H28P2. The molecule has 0 heterocycles. The summed E-state index contributed by atoms with van der Waals surface area (Å²) in [6.45, 7) is 0. The summed E-state index contributed by atoms with van der Waals surface area (Å²) < 4.78 is 6.20. The van der Waals surface area contributed by atoms with Crippen LogP contribution in [0.15, 0.2) is 146 Å². The lowest BCUT2D eigenvalue weighted by Crippen LogP contribution is -1.88. The molecule has 0 spiro atoms. The van der Waals surface area contributed by atoms with E-state index in [4.69, 9.17) is 1.28 Å². The topological polar surface area (TPSA) is 0 Å². The van der Waals surface area contributed by atoms with Crippen LogP contribution < -0.4 is 0 Å². The maximum absolute atomic E-state index is 6.20. The van der Waals surface area contributed by atoms with Crippen molar-refractivity contribution >= 4 is 82.4 Å². The van der Waals surface area contributed by atoms with Gasteiger partial charge in [-0.25, -0.2) is 0 Å². The number of benzene rings is 9. The van der Waals surface area contributed by atoms with Crippen molar-refractivity contribution in [3.05, 3.63) is 146 Å². The molecule has 9 rings (SSSR count). The van der Waals surface area contributed by atoms with Gasteiger partial charge in [0.2, 0.25) is 0 Å².